The van der Waals surface area contributed by atoms with E-state index >= 15 is 0 Å². The molecule has 0 aliphatic carbocycles. The van der Waals surface area contributed by atoms with Gasteiger partial charge in [0.15, 0.2) is 0 Å². The van der Waals surface area contributed by atoms with Gasteiger partial charge in [-0.2, -0.15) is 0 Å². The molecule has 5 heteroatoms. The average molecular weight is 334 g/mol. The molecule has 0 N–H and O–H groups in total. The lowest BCUT2D eigenvalue weighted by atomic mass is 9.98. The van der Waals surface area contributed by atoms with Gasteiger partial charge in [0.05, 0.1) is 10.0 Å². The van der Waals surface area contributed by atoms with Gasteiger partial charge in [-0.1, -0.05) is 52.5 Å². The van der Waals surface area contributed by atoms with Crippen LogP contribution in [0.1, 0.15) is 5.56 Å². The molecular weight excluding hydrogens is 326 g/mol. The number of benzene rings is 2. The average Bonchev–Trinajstić information content (AvgIpc) is 2.35. The molecule has 0 fully saturated rings. The van der Waals surface area contributed by atoms with Crippen LogP contribution in [0.3, 0.4) is 0 Å². The van der Waals surface area contributed by atoms with Crippen LogP contribution in [0.25, 0.3) is 11.1 Å². The SMILES string of the molecule is O=CCc1cc(Cl)ccc1-c1cc(Cl)cc(Cl)c1Cl. The number of carbonyl (C=O) groups excluding carboxylic acids is 1. The van der Waals surface area contributed by atoms with E-state index in [0.717, 1.165) is 17.4 Å². The maximum Gasteiger partial charge on any atom is 0.124 e. The van der Waals surface area contributed by atoms with Crippen molar-refractivity contribution in [1.29, 1.82) is 0 Å². The number of carbonyl (C=O) groups is 1. The highest BCUT2D eigenvalue weighted by molar-refractivity contribution is 6.45. The standard InChI is InChI=1S/C14H8Cl4O/c15-9-1-2-11(8(5-9)3-4-19)12-6-10(16)7-13(17)14(12)18/h1-2,4-7H,3H2. The van der Waals surface area contributed by atoms with Crippen molar-refractivity contribution in [3.8, 4) is 11.1 Å². The molecule has 98 valence electrons. The number of hydrogen-bond donors (Lipinski definition) is 0. The Hall–Kier alpha value is -0.730. The summed E-state index contributed by atoms with van der Waals surface area (Å²) in [5, 5.41) is 1.82. The van der Waals surface area contributed by atoms with Crippen LogP contribution >= 0.6 is 46.4 Å². The fraction of sp³-hybridized carbons (Fsp3) is 0.0714. The van der Waals surface area contributed by atoms with Gasteiger partial charge >= 0.3 is 0 Å². The molecule has 0 saturated carbocycles. The van der Waals surface area contributed by atoms with Crippen molar-refractivity contribution in [2.45, 2.75) is 6.42 Å². The summed E-state index contributed by atoms with van der Waals surface area (Å²) >= 11 is 24.2. The molecule has 0 aliphatic rings. The second-order valence-corrected chi connectivity index (χ2v) is 5.58. The first-order chi connectivity index (χ1) is 9.02. The number of rotatable bonds is 3. The van der Waals surface area contributed by atoms with Crippen molar-refractivity contribution in [2.75, 3.05) is 0 Å². The van der Waals surface area contributed by atoms with Gasteiger partial charge in [0.25, 0.3) is 0 Å². The number of halogens is 4. The molecule has 0 atom stereocenters. The van der Waals surface area contributed by atoms with Gasteiger partial charge in [0.1, 0.15) is 6.29 Å². The molecule has 2 rings (SSSR count). The fourth-order valence-corrected chi connectivity index (χ4v) is 2.73. The summed E-state index contributed by atoms with van der Waals surface area (Å²) in [4.78, 5) is 10.8. The Morgan fingerprint density at radius 3 is 2.32 bits per heavy atom. The van der Waals surface area contributed by atoms with Crippen LogP contribution in [0.5, 0.6) is 0 Å². The molecule has 0 spiro atoms. The molecule has 0 aliphatic heterocycles. The molecule has 1 nitrogen and oxygen atoms in total. The van der Waals surface area contributed by atoms with Crippen molar-refractivity contribution in [3.05, 3.63) is 56.0 Å². The maximum absolute atomic E-state index is 10.8. The predicted molar refractivity (Wildman–Crippen MR) is 81.7 cm³/mol. The molecule has 2 aromatic rings. The smallest absolute Gasteiger partial charge is 0.124 e. The highest BCUT2D eigenvalue weighted by Gasteiger charge is 2.13. The Balaban J connectivity index is 2.67. The Morgan fingerprint density at radius 2 is 1.63 bits per heavy atom. The largest absolute Gasteiger partial charge is 0.303 e. The van der Waals surface area contributed by atoms with E-state index in [2.05, 4.69) is 0 Å². The topological polar surface area (TPSA) is 17.1 Å². The second kappa shape index (κ2) is 6.15. The Kier molecular flexibility index (Phi) is 4.75. The van der Waals surface area contributed by atoms with Gasteiger partial charge in [-0.25, -0.2) is 0 Å². The normalized spacial score (nSPS) is 10.5. The third-order valence-electron chi connectivity index (χ3n) is 2.65. The summed E-state index contributed by atoms with van der Waals surface area (Å²) in [6.45, 7) is 0. The molecule has 0 amide bonds. The zero-order chi connectivity index (χ0) is 14.0. The predicted octanol–water partition coefficient (Wildman–Crippen LogP) is 5.71. The van der Waals surface area contributed by atoms with Gasteiger partial charge in [-0.15, -0.1) is 0 Å². The summed E-state index contributed by atoms with van der Waals surface area (Å²) in [5.74, 6) is 0. The second-order valence-electron chi connectivity index (χ2n) is 3.92. The van der Waals surface area contributed by atoms with Crippen LogP contribution in [0.2, 0.25) is 20.1 Å². The van der Waals surface area contributed by atoms with E-state index < -0.39 is 0 Å². The van der Waals surface area contributed by atoms with Gasteiger partial charge in [-0.05, 0) is 35.4 Å². The van der Waals surface area contributed by atoms with E-state index in [1.807, 2.05) is 0 Å². The molecule has 0 unspecified atom stereocenters. The lowest BCUT2D eigenvalue weighted by molar-refractivity contribution is -0.107. The summed E-state index contributed by atoms with van der Waals surface area (Å²) in [5.41, 5.74) is 2.27. The van der Waals surface area contributed by atoms with Crippen molar-refractivity contribution < 1.29 is 4.79 Å². The van der Waals surface area contributed by atoms with Crippen molar-refractivity contribution >= 4 is 52.7 Å². The zero-order valence-corrected chi connectivity index (χ0v) is 12.6. The van der Waals surface area contributed by atoms with Gasteiger partial charge in [0.2, 0.25) is 0 Å². The Labute approximate surface area is 131 Å². The summed E-state index contributed by atoms with van der Waals surface area (Å²) < 4.78 is 0. The molecule has 0 bridgehead atoms. The minimum atomic E-state index is 0.246. The molecular formula is C14H8Cl4O. The Morgan fingerprint density at radius 1 is 0.895 bits per heavy atom. The van der Waals surface area contributed by atoms with E-state index in [1.165, 1.54) is 0 Å². The van der Waals surface area contributed by atoms with Gasteiger partial charge in [-0.3, -0.25) is 0 Å². The van der Waals surface area contributed by atoms with Gasteiger partial charge in [0, 0.05) is 22.0 Å². The molecule has 0 heterocycles. The lowest BCUT2D eigenvalue weighted by Crippen LogP contribution is -1.92. The third-order valence-corrected chi connectivity index (χ3v) is 3.91. The van der Waals surface area contributed by atoms with Crippen LogP contribution in [0, 0.1) is 0 Å². The van der Waals surface area contributed by atoms with Crippen LogP contribution in [0.4, 0.5) is 0 Å². The summed E-state index contributed by atoms with van der Waals surface area (Å²) in [6.07, 6.45) is 1.06. The first-order valence-electron chi connectivity index (χ1n) is 5.40. The van der Waals surface area contributed by atoms with Crippen molar-refractivity contribution in [1.82, 2.24) is 0 Å². The van der Waals surface area contributed by atoms with E-state index in [4.69, 9.17) is 46.4 Å². The van der Waals surface area contributed by atoms with Crippen molar-refractivity contribution in [3.63, 3.8) is 0 Å². The summed E-state index contributed by atoms with van der Waals surface area (Å²) in [6, 6.07) is 8.55. The van der Waals surface area contributed by atoms with E-state index in [1.54, 1.807) is 30.3 Å². The van der Waals surface area contributed by atoms with E-state index in [9.17, 15) is 4.79 Å². The number of hydrogen-bond acceptors (Lipinski definition) is 1. The molecule has 0 saturated heterocycles. The summed E-state index contributed by atoms with van der Waals surface area (Å²) in [7, 11) is 0. The monoisotopic (exact) mass is 332 g/mol. The van der Waals surface area contributed by atoms with Crippen LogP contribution in [-0.4, -0.2) is 6.29 Å². The molecule has 2 aromatic carbocycles. The maximum atomic E-state index is 10.8. The molecule has 0 radical (unpaired) electrons. The highest BCUT2D eigenvalue weighted by Crippen LogP contribution is 2.38. The third kappa shape index (κ3) is 3.24. The van der Waals surface area contributed by atoms with Gasteiger partial charge < -0.3 is 4.79 Å². The van der Waals surface area contributed by atoms with Crippen LogP contribution in [0.15, 0.2) is 30.3 Å². The quantitative estimate of drug-likeness (QED) is 0.519. The first-order valence-corrected chi connectivity index (χ1v) is 6.91. The number of aldehydes is 1. The lowest BCUT2D eigenvalue weighted by Gasteiger charge is -2.11. The highest BCUT2D eigenvalue weighted by atomic mass is 35.5. The minimum Gasteiger partial charge on any atom is -0.303 e. The van der Waals surface area contributed by atoms with Crippen LogP contribution < -0.4 is 0 Å². The first kappa shape index (κ1) is 14.7. The zero-order valence-electron chi connectivity index (χ0n) is 9.59. The molecule has 19 heavy (non-hydrogen) atoms. The van der Waals surface area contributed by atoms with E-state index in [0.29, 0.717) is 25.7 Å². The Bertz CT molecular complexity index is 638. The van der Waals surface area contributed by atoms with Crippen molar-refractivity contribution in [2.24, 2.45) is 0 Å². The van der Waals surface area contributed by atoms with E-state index in [-0.39, 0.29) is 6.42 Å². The van der Waals surface area contributed by atoms with Crippen LogP contribution in [-0.2, 0) is 11.2 Å². The minimum absolute atomic E-state index is 0.246. The fourth-order valence-electron chi connectivity index (χ4n) is 1.84. The molecule has 0 aromatic heterocycles.